The molecule has 0 aromatic carbocycles. The van der Waals surface area contributed by atoms with Crippen LogP contribution in [0.5, 0.6) is 0 Å². The lowest BCUT2D eigenvalue weighted by atomic mass is 10.1. The van der Waals surface area contributed by atoms with Crippen molar-refractivity contribution >= 4 is 5.95 Å². The zero-order chi connectivity index (χ0) is 11.9. The lowest BCUT2D eigenvalue weighted by molar-refractivity contribution is 0.560. The molecule has 96 valence electrons. The molecule has 0 atom stereocenters. The molecule has 1 saturated carbocycles. The summed E-state index contributed by atoms with van der Waals surface area (Å²) in [5.41, 5.74) is 0. The summed E-state index contributed by atoms with van der Waals surface area (Å²) in [4.78, 5) is 4.38. The molecule has 0 amide bonds. The second-order valence-corrected chi connectivity index (χ2v) is 5.13. The average molecular weight is 235 g/mol. The smallest absolute Gasteiger partial charge is 0.202 e. The SMILES string of the molecule is CCCCCCCCn1ccnc1NC1CC1. The number of aromatic nitrogens is 2. The Kier molecular flexibility index (Phi) is 4.89. The van der Waals surface area contributed by atoms with E-state index >= 15 is 0 Å². The van der Waals surface area contributed by atoms with Gasteiger partial charge < -0.3 is 9.88 Å². The Bertz CT molecular complexity index is 315. The minimum Gasteiger partial charge on any atom is -0.353 e. The van der Waals surface area contributed by atoms with Crippen LogP contribution in [0, 0.1) is 0 Å². The number of aryl methyl sites for hydroxylation is 1. The summed E-state index contributed by atoms with van der Waals surface area (Å²) in [6.45, 7) is 3.38. The fraction of sp³-hybridized carbons (Fsp3) is 0.786. The molecule has 1 heterocycles. The van der Waals surface area contributed by atoms with Crippen molar-refractivity contribution in [1.82, 2.24) is 9.55 Å². The summed E-state index contributed by atoms with van der Waals surface area (Å²) in [7, 11) is 0. The van der Waals surface area contributed by atoms with Crippen molar-refractivity contribution in [3.8, 4) is 0 Å². The maximum absolute atomic E-state index is 4.38. The topological polar surface area (TPSA) is 29.9 Å². The van der Waals surface area contributed by atoms with E-state index in [0.29, 0.717) is 6.04 Å². The summed E-state index contributed by atoms with van der Waals surface area (Å²) in [5, 5.41) is 3.48. The van der Waals surface area contributed by atoms with Crippen LogP contribution in [-0.2, 0) is 6.54 Å². The highest BCUT2D eigenvalue weighted by atomic mass is 15.2. The second-order valence-electron chi connectivity index (χ2n) is 5.13. The number of unbranched alkanes of at least 4 members (excludes halogenated alkanes) is 5. The van der Waals surface area contributed by atoms with Crippen LogP contribution in [0.15, 0.2) is 12.4 Å². The second kappa shape index (κ2) is 6.67. The van der Waals surface area contributed by atoms with Gasteiger partial charge in [0, 0.05) is 25.0 Å². The molecule has 1 aliphatic rings. The minimum absolute atomic E-state index is 0.695. The summed E-state index contributed by atoms with van der Waals surface area (Å²) < 4.78 is 2.26. The average Bonchev–Trinajstić information content (AvgIpc) is 3.03. The van der Waals surface area contributed by atoms with E-state index in [2.05, 4.69) is 28.0 Å². The standard InChI is InChI=1S/C14H25N3/c1-2-3-4-5-6-7-11-17-12-10-15-14(17)16-13-8-9-13/h10,12-13H,2-9,11H2,1H3,(H,15,16). The van der Waals surface area contributed by atoms with Gasteiger partial charge in [-0.1, -0.05) is 39.0 Å². The molecule has 1 aliphatic carbocycles. The Morgan fingerprint density at radius 3 is 2.76 bits per heavy atom. The summed E-state index contributed by atoms with van der Waals surface area (Å²) in [5.74, 6) is 1.07. The number of hydrogen-bond acceptors (Lipinski definition) is 2. The monoisotopic (exact) mass is 235 g/mol. The first kappa shape index (κ1) is 12.5. The normalized spacial score (nSPS) is 15.1. The van der Waals surface area contributed by atoms with E-state index in [1.54, 1.807) is 0 Å². The summed E-state index contributed by atoms with van der Waals surface area (Å²) >= 11 is 0. The molecular weight excluding hydrogens is 210 g/mol. The quantitative estimate of drug-likeness (QED) is 0.659. The van der Waals surface area contributed by atoms with Gasteiger partial charge in [0.05, 0.1) is 0 Å². The van der Waals surface area contributed by atoms with Gasteiger partial charge in [0.25, 0.3) is 0 Å². The number of imidazole rings is 1. The van der Waals surface area contributed by atoms with Gasteiger partial charge in [-0.2, -0.15) is 0 Å². The Morgan fingerprint density at radius 1 is 1.24 bits per heavy atom. The highest BCUT2D eigenvalue weighted by Gasteiger charge is 2.22. The van der Waals surface area contributed by atoms with Gasteiger partial charge in [-0.25, -0.2) is 4.98 Å². The highest BCUT2D eigenvalue weighted by Crippen LogP contribution is 2.23. The van der Waals surface area contributed by atoms with Crippen LogP contribution in [0.25, 0.3) is 0 Å². The molecule has 0 unspecified atom stereocenters. The van der Waals surface area contributed by atoms with Crippen LogP contribution < -0.4 is 5.32 Å². The molecule has 1 aromatic heterocycles. The first-order chi connectivity index (χ1) is 8.40. The molecule has 1 fully saturated rings. The van der Waals surface area contributed by atoms with Crippen molar-refractivity contribution < 1.29 is 0 Å². The van der Waals surface area contributed by atoms with Crippen LogP contribution in [0.4, 0.5) is 5.95 Å². The van der Waals surface area contributed by atoms with Gasteiger partial charge in [-0.05, 0) is 19.3 Å². The van der Waals surface area contributed by atoms with Crippen molar-refractivity contribution in [3.63, 3.8) is 0 Å². The number of rotatable bonds is 9. The number of anilines is 1. The molecule has 0 bridgehead atoms. The third-order valence-electron chi connectivity index (χ3n) is 3.38. The van der Waals surface area contributed by atoms with Crippen molar-refractivity contribution in [1.29, 1.82) is 0 Å². The first-order valence-electron chi connectivity index (χ1n) is 7.18. The molecule has 3 heteroatoms. The van der Waals surface area contributed by atoms with Crippen molar-refractivity contribution in [3.05, 3.63) is 12.4 Å². The van der Waals surface area contributed by atoms with E-state index in [4.69, 9.17) is 0 Å². The molecule has 1 aromatic rings. The fourth-order valence-corrected chi connectivity index (χ4v) is 2.10. The minimum atomic E-state index is 0.695. The van der Waals surface area contributed by atoms with E-state index in [-0.39, 0.29) is 0 Å². The molecule has 3 nitrogen and oxygen atoms in total. The van der Waals surface area contributed by atoms with Crippen molar-refractivity contribution in [2.24, 2.45) is 0 Å². The number of nitrogens with one attached hydrogen (secondary N) is 1. The number of nitrogens with zero attached hydrogens (tertiary/aromatic N) is 2. The molecule has 0 spiro atoms. The van der Waals surface area contributed by atoms with Gasteiger partial charge in [0.15, 0.2) is 0 Å². The van der Waals surface area contributed by atoms with Crippen molar-refractivity contribution in [2.75, 3.05) is 5.32 Å². The molecule has 17 heavy (non-hydrogen) atoms. The Morgan fingerprint density at radius 2 is 2.00 bits per heavy atom. The van der Waals surface area contributed by atoms with Crippen LogP contribution in [0.1, 0.15) is 58.3 Å². The first-order valence-corrected chi connectivity index (χ1v) is 7.18. The fourth-order valence-electron chi connectivity index (χ4n) is 2.10. The van der Waals surface area contributed by atoms with Crippen LogP contribution in [0.2, 0.25) is 0 Å². The summed E-state index contributed by atoms with van der Waals surface area (Å²) in [6, 6.07) is 0.695. The molecule has 2 rings (SSSR count). The zero-order valence-corrected chi connectivity index (χ0v) is 11.0. The third kappa shape index (κ3) is 4.41. The molecule has 0 saturated heterocycles. The molecule has 0 radical (unpaired) electrons. The van der Waals surface area contributed by atoms with Crippen molar-refractivity contribution in [2.45, 2.75) is 70.9 Å². The molecule has 0 aliphatic heterocycles. The van der Waals surface area contributed by atoms with Crippen LogP contribution in [0.3, 0.4) is 0 Å². The lowest BCUT2D eigenvalue weighted by Crippen LogP contribution is -2.09. The van der Waals surface area contributed by atoms with E-state index < -0.39 is 0 Å². The maximum Gasteiger partial charge on any atom is 0.202 e. The van der Waals surface area contributed by atoms with E-state index in [1.165, 1.54) is 51.4 Å². The Labute approximate surface area is 105 Å². The Balaban J connectivity index is 1.62. The van der Waals surface area contributed by atoms with Gasteiger partial charge >= 0.3 is 0 Å². The van der Waals surface area contributed by atoms with Crippen LogP contribution in [-0.4, -0.2) is 15.6 Å². The van der Waals surface area contributed by atoms with Gasteiger partial charge in [-0.3, -0.25) is 0 Å². The van der Waals surface area contributed by atoms with Gasteiger partial charge in [0.1, 0.15) is 0 Å². The summed E-state index contributed by atoms with van der Waals surface area (Å²) in [6.07, 6.45) is 14.7. The largest absolute Gasteiger partial charge is 0.353 e. The molecule has 1 N–H and O–H groups in total. The van der Waals surface area contributed by atoms with Gasteiger partial charge in [0.2, 0.25) is 5.95 Å². The maximum atomic E-state index is 4.38. The van der Waals surface area contributed by atoms with Gasteiger partial charge in [-0.15, -0.1) is 0 Å². The predicted octanol–water partition coefficient (Wildman–Crippen LogP) is 3.82. The predicted molar refractivity (Wildman–Crippen MR) is 72.2 cm³/mol. The Hall–Kier alpha value is -0.990. The number of hydrogen-bond donors (Lipinski definition) is 1. The molecular formula is C14H25N3. The van der Waals surface area contributed by atoms with E-state index in [1.807, 2.05) is 6.20 Å². The van der Waals surface area contributed by atoms with Crippen LogP contribution >= 0.6 is 0 Å². The lowest BCUT2D eigenvalue weighted by Gasteiger charge is -2.08. The third-order valence-corrected chi connectivity index (χ3v) is 3.38. The zero-order valence-electron chi connectivity index (χ0n) is 11.0. The highest BCUT2D eigenvalue weighted by molar-refractivity contribution is 5.29. The van der Waals surface area contributed by atoms with E-state index in [0.717, 1.165) is 12.5 Å². The van der Waals surface area contributed by atoms with E-state index in [9.17, 15) is 0 Å².